The van der Waals surface area contributed by atoms with Gasteiger partial charge in [-0.25, -0.2) is 0 Å². The lowest BCUT2D eigenvalue weighted by atomic mass is 9.96. The number of benzene rings is 1. The zero-order valence-corrected chi connectivity index (χ0v) is 11.2. The third-order valence-corrected chi connectivity index (χ3v) is 2.58. The number of hydrogen-bond acceptors (Lipinski definition) is 3. The molecule has 1 aromatic rings. The van der Waals surface area contributed by atoms with Gasteiger partial charge in [0.25, 0.3) is 0 Å². The van der Waals surface area contributed by atoms with Gasteiger partial charge in [0.1, 0.15) is 5.75 Å². The van der Waals surface area contributed by atoms with Gasteiger partial charge >= 0.3 is 0 Å². The molecule has 0 spiro atoms. The highest BCUT2D eigenvalue weighted by Crippen LogP contribution is 2.22. The molecule has 1 aromatic carbocycles. The van der Waals surface area contributed by atoms with Gasteiger partial charge in [-0.1, -0.05) is 26.0 Å². The Morgan fingerprint density at radius 3 is 2.35 bits per heavy atom. The van der Waals surface area contributed by atoms with E-state index in [0.717, 1.165) is 11.3 Å². The number of ether oxygens (including phenoxy) is 1. The molecule has 96 valence electrons. The Morgan fingerprint density at radius 1 is 1.29 bits per heavy atom. The molecule has 0 saturated heterocycles. The van der Waals surface area contributed by atoms with Crippen molar-refractivity contribution in [3.63, 3.8) is 0 Å². The Labute approximate surface area is 104 Å². The van der Waals surface area contributed by atoms with Crippen molar-refractivity contribution in [3.05, 3.63) is 29.8 Å². The molecule has 1 unspecified atom stereocenters. The first kappa shape index (κ1) is 14.0. The SMILES string of the molecule is CNCC(C)(O)c1ccc(OCC(C)C)cc1. The van der Waals surface area contributed by atoms with Crippen LogP contribution in [0, 0.1) is 5.92 Å². The summed E-state index contributed by atoms with van der Waals surface area (Å²) in [7, 11) is 1.83. The normalized spacial score (nSPS) is 14.7. The zero-order valence-electron chi connectivity index (χ0n) is 11.2. The minimum Gasteiger partial charge on any atom is -0.493 e. The van der Waals surface area contributed by atoms with Gasteiger partial charge in [0.15, 0.2) is 0 Å². The van der Waals surface area contributed by atoms with Gasteiger partial charge in [0.2, 0.25) is 0 Å². The standard InChI is InChI=1S/C14H23NO2/c1-11(2)9-17-13-7-5-12(6-8-13)14(3,16)10-15-4/h5-8,11,15-16H,9-10H2,1-4H3. The number of likely N-dealkylation sites (N-methyl/N-ethyl adjacent to an activating group) is 1. The molecule has 0 aliphatic heterocycles. The second-order valence-electron chi connectivity index (χ2n) is 5.03. The minimum absolute atomic E-state index is 0.516. The molecule has 1 rings (SSSR count). The summed E-state index contributed by atoms with van der Waals surface area (Å²) in [5.74, 6) is 1.37. The van der Waals surface area contributed by atoms with Crippen molar-refractivity contribution in [1.82, 2.24) is 5.32 Å². The van der Waals surface area contributed by atoms with E-state index < -0.39 is 5.60 Å². The Kier molecular flexibility index (Phi) is 4.97. The molecule has 0 saturated carbocycles. The summed E-state index contributed by atoms with van der Waals surface area (Å²) in [6.07, 6.45) is 0. The highest BCUT2D eigenvalue weighted by atomic mass is 16.5. The van der Waals surface area contributed by atoms with Crippen LogP contribution >= 0.6 is 0 Å². The maximum Gasteiger partial charge on any atom is 0.119 e. The first-order valence-corrected chi connectivity index (χ1v) is 6.06. The quantitative estimate of drug-likeness (QED) is 0.796. The Balaban J connectivity index is 2.67. The molecule has 0 aromatic heterocycles. The van der Waals surface area contributed by atoms with Crippen LogP contribution in [0.1, 0.15) is 26.3 Å². The van der Waals surface area contributed by atoms with E-state index in [2.05, 4.69) is 19.2 Å². The van der Waals surface area contributed by atoms with E-state index >= 15 is 0 Å². The van der Waals surface area contributed by atoms with Crippen LogP contribution < -0.4 is 10.1 Å². The van der Waals surface area contributed by atoms with Crippen molar-refractivity contribution in [3.8, 4) is 5.75 Å². The predicted molar refractivity (Wildman–Crippen MR) is 70.3 cm³/mol. The summed E-state index contributed by atoms with van der Waals surface area (Å²) in [5, 5.41) is 13.2. The molecule has 2 N–H and O–H groups in total. The molecule has 0 bridgehead atoms. The number of nitrogens with one attached hydrogen (secondary N) is 1. The van der Waals surface area contributed by atoms with Gasteiger partial charge in [-0.2, -0.15) is 0 Å². The van der Waals surface area contributed by atoms with Crippen LogP contribution in [0.25, 0.3) is 0 Å². The van der Waals surface area contributed by atoms with Crippen LogP contribution in [0.4, 0.5) is 0 Å². The topological polar surface area (TPSA) is 41.5 Å². The van der Waals surface area contributed by atoms with Crippen molar-refractivity contribution >= 4 is 0 Å². The highest BCUT2D eigenvalue weighted by molar-refractivity contribution is 5.30. The molecule has 0 aliphatic carbocycles. The molecule has 0 aliphatic rings. The summed E-state index contributed by atoms with van der Waals surface area (Å²) in [4.78, 5) is 0. The number of rotatable bonds is 6. The lowest BCUT2D eigenvalue weighted by Crippen LogP contribution is -2.33. The van der Waals surface area contributed by atoms with Gasteiger partial charge in [-0.05, 0) is 37.6 Å². The maximum atomic E-state index is 10.2. The van der Waals surface area contributed by atoms with Crippen molar-refractivity contribution in [2.45, 2.75) is 26.4 Å². The molecule has 1 atom stereocenters. The van der Waals surface area contributed by atoms with Crippen molar-refractivity contribution in [2.75, 3.05) is 20.2 Å². The third-order valence-electron chi connectivity index (χ3n) is 2.58. The maximum absolute atomic E-state index is 10.2. The smallest absolute Gasteiger partial charge is 0.119 e. The number of aliphatic hydroxyl groups is 1. The first-order chi connectivity index (χ1) is 7.95. The number of hydrogen-bond donors (Lipinski definition) is 2. The van der Waals surface area contributed by atoms with Crippen LogP contribution in [-0.2, 0) is 5.60 Å². The Bertz CT molecular complexity index is 331. The molecule has 3 nitrogen and oxygen atoms in total. The van der Waals surface area contributed by atoms with Crippen molar-refractivity contribution in [2.24, 2.45) is 5.92 Å². The molecule has 0 radical (unpaired) electrons. The second-order valence-corrected chi connectivity index (χ2v) is 5.03. The summed E-state index contributed by atoms with van der Waals surface area (Å²) >= 11 is 0. The zero-order chi connectivity index (χ0) is 12.9. The lowest BCUT2D eigenvalue weighted by Gasteiger charge is -2.23. The summed E-state index contributed by atoms with van der Waals surface area (Å²) in [6, 6.07) is 7.63. The Hall–Kier alpha value is -1.06. The fraction of sp³-hybridized carbons (Fsp3) is 0.571. The van der Waals surface area contributed by atoms with Gasteiger partial charge in [0, 0.05) is 6.54 Å². The van der Waals surface area contributed by atoms with E-state index in [1.54, 1.807) is 6.92 Å². The monoisotopic (exact) mass is 237 g/mol. The van der Waals surface area contributed by atoms with E-state index in [4.69, 9.17) is 4.74 Å². The molecule has 0 fully saturated rings. The molecular formula is C14H23NO2. The van der Waals surface area contributed by atoms with E-state index in [1.165, 1.54) is 0 Å². The largest absolute Gasteiger partial charge is 0.493 e. The lowest BCUT2D eigenvalue weighted by molar-refractivity contribution is 0.0591. The van der Waals surface area contributed by atoms with Gasteiger partial charge < -0.3 is 15.2 Å². The fourth-order valence-corrected chi connectivity index (χ4v) is 1.62. The summed E-state index contributed by atoms with van der Waals surface area (Å²) < 4.78 is 5.60. The average Bonchev–Trinajstić information content (AvgIpc) is 2.27. The van der Waals surface area contributed by atoms with Crippen LogP contribution in [0.5, 0.6) is 5.75 Å². The summed E-state index contributed by atoms with van der Waals surface area (Å²) in [5.41, 5.74) is 0.0504. The van der Waals surface area contributed by atoms with Crippen LogP contribution in [0.2, 0.25) is 0 Å². The van der Waals surface area contributed by atoms with E-state index in [1.807, 2.05) is 31.3 Å². The van der Waals surface area contributed by atoms with Crippen LogP contribution in [0.15, 0.2) is 24.3 Å². The molecule has 0 amide bonds. The van der Waals surface area contributed by atoms with E-state index in [0.29, 0.717) is 19.1 Å². The minimum atomic E-state index is -0.842. The van der Waals surface area contributed by atoms with Gasteiger partial charge in [-0.15, -0.1) is 0 Å². The Morgan fingerprint density at radius 2 is 1.88 bits per heavy atom. The van der Waals surface area contributed by atoms with E-state index in [9.17, 15) is 5.11 Å². The first-order valence-electron chi connectivity index (χ1n) is 6.06. The third kappa shape index (κ3) is 4.36. The van der Waals surface area contributed by atoms with Crippen molar-refractivity contribution in [1.29, 1.82) is 0 Å². The van der Waals surface area contributed by atoms with Gasteiger partial charge in [0.05, 0.1) is 12.2 Å². The van der Waals surface area contributed by atoms with Crippen LogP contribution in [-0.4, -0.2) is 25.3 Å². The second kappa shape index (κ2) is 6.03. The van der Waals surface area contributed by atoms with Crippen molar-refractivity contribution < 1.29 is 9.84 Å². The van der Waals surface area contributed by atoms with Crippen LogP contribution in [0.3, 0.4) is 0 Å². The highest BCUT2D eigenvalue weighted by Gasteiger charge is 2.21. The molecular weight excluding hydrogens is 214 g/mol. The van der Waals surface area contributed by atoms with E-state index in [-0.39, 0.29) is 0 Å². The average molecular weight is 237 g/mol. The predicted octanol–water partition coefficient (Wildman–Crippen LogP) is 2.15. The fourth-order valence-electron chi connectivity index (χ4n) is 1.62. The summed E-state index contributed by atoms with van der Waals surface area (Å²) in [6.45, 7) is 7.27. The molecule has 0 heterocycles. The van der Waals surface area contributed by atoms with Gasteiger partial charge in [-0.3, -0.25) is 0 Å². The molecule has 17 heavy (non-hydrogen) atoms. The molecule has 3 heteroatoms.